The number of anilines is 1. The van der Waals surface area contributed by atoms with Crippen LogP contribution in [-0.4, -0.2) is 403 Å². The fourth-order valence-corrected chi connectivity index (χ4v) is 17.0. The number of imide groups is 1. The predicted molar refractivity (Wildman–Crippen MR) is 502 cm³/mol. The first-order valence-corrected chi connectivity index (χ1v) is 51.4. The third-order valence-electron chi connectivity index (χ3n) is 22.4. The van der Waals surface area contributed by atoms with E-state index in [1.165, 1.54) is 6.07 Å². The van der Waals surface area contributed by atoms with Gasteiger partial charge in [0.05, 0.1) is 326 Å². The molecule has 2 atom stereocenters. The van der Waals surface area contributed by atoms with Crippen LogP contribution in [0.4, 0.5) is 5.69 Å². The summed E-state index contributed by atoms with van der Waals surface area (Å²) in [6.07, 6.45) is 5.72. The fraction of sp³-hybridized carbons (Fsp3) is 0.760. The van der Waals surface area contributed by atoms with Crippen LogP contribution in [0.5, 0.6) is 11.5 Å². The highest BCUT2D eigenvalue weighted by Crippen LogP contribution is 2.50. The Bertz CT molecular complexity index is 4250. The number of hydrogen-bond donors (Lipinski definition) is 1. The number of nitrogens with one attached hydrogen (secondary N) is 1. The van der Waals surface area contributed by atoms with Crippen molar-refractivity contribution in [1.29, 1.82) is 0 Å². The van der Waals surface area contributed by atoms with Crippen molar-refractivity contribution in [2.45, 2.75) is 151 Å². The highest BCUT2D eigenvalue weighted by Gasteiger charge is 2.42. The van der Waals surface area contributed by atoms with E-state index in [4.69, 9.17) is 123 Å². The van der Waals surface area contributed by atoms with Crippen molar-refractivity contribution in [3.63, 3.8) is 0 Å². The fourth-order valence-electron chi connectivity index (χ4n) is 15.7. The summed E-state index contributed by atoms with van der Waals surface area (Å²) in [5.74, 6) is -1.12. The van der Waals surface area contributed by atoms with Crippen LogP contribution in [0.15, 0.2) is 52.3 Å². The number of nitrogens with zero attached hydrogens (tertiary/aromatic N) is 3. The molecule has 0 aliphatic carbocycles. The van der Waals surface area contributed by atoms with Gasteiger partial charge in [-0.2, -0.15) is 0 Å². The predicted octanol–water partition coefficient (Wildman–Crippen LogP) is 5.59. The lowest BCUT2D eigenvalue weighted by molar-refractivity contribution is -0.197. The highest BCUT2D eigenvalue weighted by atomic mass is 32.2. The van der Waals surface area contributed by atoms with Crippen molar-refractivity contribution in [3.8, 4) is 11.5 Å². The number of fused-ring (bicyclic) bond motifs is 4. The summed E-state index contributed by atoms with van der Waals surface area (Å²) >= 11 is 0. The van der Waals surface area contributed by atoms with E-state index in [9.17, 15) is 45.1 Å². The maximum absolute atomic E-state index is 13.3. The smallest absolute Gasteiger partial charge is 0.333 e. The molecule has 1 saturated heterocycles. The van der Waals surface area contributed by atoms with E-state index >= 15 is 0 Å². The third-order valence-corrected chi connectivity index (χ3v) is 24.2. The molecule has 3 aromatic carbocycles. The summed E-state index contributed by atoms with van der Waals surface area (Å²) in [4.78, 5) is 55.3. The summed E-state index contributed by atoms with van der Waals surface area (Å²) in [6.45, 7) is 36.2. The van der Waals surface area contributed by atoms with Crippen molar-refractivity contribution in [2.75, 3.05) is 342 Å². The van der Waals surface area contributed by atoms with Gasteiger partial charge in [-0.25, -0.2) is 26.2 Å². The Morgan fingerprint density at radius 2 is 0.775 bits per heavy atom. The van der Waals surface area contributed by atoms with Gasteiger partial charge in [0.1, 0.15) is 38.3 Å². The van der Waals surface area contributed by atoms with Gasteiger partial charge in [0.15, 0.2) is 5.54 Å². The average molecular weight is 2010 g/mol. The number of carbonyl (C=O) groups excluding carboxylic acids is 4. The van der Waals surface area contributed by atoms with E-state index < -0.39 is 47.8 Å². The molecule has 3 aromatic rings. The van der Waals surface area contributed by atoms with Gasteiger partial charge in [0.2, 0.25) is 11.3 Å². The number of carbonyl (C=O) groups is 4. The van der Waals surface area contributed by atoms with Crippen LogP contribution in [0.3, 0.4) is 0 Å². The molecule has 0 radical (unpaired) electrons. The molecular weight excluding hydrogens is 1850 g/mol. The molecule has 4 aliphatic rings. The van der Waals surface area contributed by atoms with E-state index in [1.54, 1.807) is 7.11 Å². The van der Waals surface area contributed by atoms with Crippen LogP contribution in [0.1, 0.15) is 153 Å². The minimum absolute atomic E-state index is 0.00159. The van der Waals surface area contributed by atoms with Crippen LogP contribution in [0.2, 0.25) is 0 Å². The summed E-state index contributed by atoms with van der Waals surface area (Å²) < 4.78 is 219. The lowest BCUT2D eigenvalue weighted by atomic mass is 9.78. The van der Waals surface area contributed by atoms with Gasteiger partial charge in [-0.1, -0.05) is 26.3 Å². The maximum Gasteiger partial charge on any atom is 0.333 e. The van der Waals surface area contributed by atoms with Gasteiger partial charge in [-0.05, 0) is 101 Å². The first-order valence-electron chi connectivity index (χ1n) is 48.5. The zero-order valence-corrected chi connectivity index (χ0v) is 84.0. The van der Waals surface area contributed by atoms with Crippen LogP contribution in [0, 0.1) is 0 Å². The molecule has 138 heavy (non-hydrogen) atoms. The molecule has 0 bridgehead atoms. The van der Waals surface area contributed by atoms with Gasteiger partial charge >= 0.3 is 5.97 Å². The van der Waals surface area contributed by atoms with Gasteiger partial charge in [-0.15, -0.1) is 5.06 Å². The molecule has 4 heterocycles. The summed E-state index contributed by atoms with van der Waals surface area (Å²) in [7, 11) is -8.95. The Labute approximate surface area is 814 Å². The van der Waals surface area contributed by atoms with Crippen molar-refractivity contribution in [2.24, 2.45) is 0 Å². The zero-order valence-electron chi connectivity index (χ0n) is 82.4. The average Bonchev–Trinajstić information content (AvgIpc) is 0.725. The molecule has 2 unspecified atom stereocenters. The van der Waals surface area contributed by atoms with E-state index in [2.05, 4.69) is 56.3 Å². The van der Waals surface area contributed by atoms with Gasteiger partial charge < -0.3 is 143 Å². The van der Waals surface area contributed by atoms with Crippen LogP contribution >= 0.6 is 0 Å². The van der Waals surface area contributed by atoms with Crippen molar-refractivity contribution >= 4 is 55.2 Å². The molecule has 1 N–H and O–H groups in total. The third kappa shape index (κ3) is 48.0. The molecule has 3 amide bonds. The number of benzene rings is 3. The lowest BCUT2D eigenvalue weighted by Gasteiger charge is -2.48. The molecular formula is C96H155N4O36S2-. The standard InChI is InChI=1S/C96H156N4O36S2/c1-77-75-95(3,4)98(85-73-87-83(71-81(77)85)94(80-17-16-79(137(105,106)107)70-89(80)138(108,109)110)84-72-82-78(2)76-96(5,6)99(86(82)74-88(84)135-87)22-13-9-11-15-93(104)136-100-91(102)18-19-92(100)103)21-12-8-10-14-90(101)97-20-23-112-26-27-114-30-31-116-34-35-118-38-39-120-42-43-122-46-47-124-50-51-126-54-55-128-58-59-130-62-63-132-66-67-134-69-68-133-65-64-131-61-60-129-57-56-127-53-52-125-49-48-123-45-44-121-41-40-119-37-36-117-33-32-115-29-28-113-25-24-111-7/h16-17,70-74,77-78H,8-15,18-69,75-76H2,1-7H3,(H2-,97,101,105,106,107,108,109,110)/p-1. The van der Waals surface area contributed by atoms with Gasteiger partial charge in [0.25, 0.3) is 11.8 Å². The molecule has 0 saturated carbocycles. The molecule has 42 heteroatoms. The van der Waals surface area contributed by atoms with Crippen LogP contribution in [0.25, 0.3) is 5.57 Å². The maximum atomic E-state index is 13.3. The highest BCUT2D eigenvalue weighted by molar-refractivity contribution is 7.86. The number of hydroxylamine groups is 2. The monoisotopic (exact) mass is 2000 g/mol. The van der Waals surface area contributed by atoms with Crippen LogP contribution in [-0.2, 0) is 158 Å². The number of unbranched alkanes of at least 4 members (excludes halogenated alkanes) is 4. The largest absolute Gasteiger partial charge is 0.744 e. The van der Waals surface area contributed by atoms with Gasteiger partial charge in [0, 0.05) is 103 Å². The molecule has 7 rings (SSSR count). The van der Waals surface area contributed by atoms with Crippen molar-refractivity contribution in [3.05, 3.63) is 75.3 Å². The molecule has 0 spiro atoms. The number of amides is 3. The number of hydrogen-bond acceptors (Lipinski definition) is 37. The Hall–Kier alpha value is -6.13. The Balaban J connectivity index is 0.601. The SMILES string of the molecule is COCCOCCOCCOCCOCCOCCOCCOCCOCCOCCOCCOCCOCCOCCOCCOCCOCCOCCOCCOCCOCCOCCOCCOCCNC(=O)CCCCC[N+]1=c2cc3c(cc2C(C)CC1(C)C)=C(c1ccc(S(=O)(=O)[O-])cc1S(=O)(=O)[O-])c1cc2c(cc1O3)N(CCCCCC(=O)ON1C(=O)CCC1=O)C(C)(C)CC2C. The second-order valence-electron chi connectivity index (χ2n) is 34.1. The zero-order chi connectivity index (χ0) is 99.0. The number of ether oxygens (including phenoxy) is 25. The minimum Gasteiger partial charge on any atom is -0.744 e. The second kappa shape index (κ2) is 70.6. The molecule has 1 fully saturated rings. The molecule has 788 valence electrons. The van der Waals surface area contributed by atoms with Gasteiger partial charge in [-0.3, -0.25) is 14.4 Å². The first-order chi connectivity index (χ1) is 66.9. The van der Waals surface area contributed by atoms with Crippen molar-refractivity contribution in [1.82, 2.24) is 15.0 Å². The van der Waals surface area contributed by atoms with E-state index in [1.807, 2.05) is 24.3 Å². The quantitative estimate of drug-likeness (QED) is 0.0243. The Kier molecular flexibility index (Phi) is 60.8. The summed E-state index contributed by atoms with van der Waals surface area (Å²) in [5, 5.41) is 4.88. The Morgan fingerprint density at radius 1 is 0.413 bits per heavy atom. The molecule has 4 aliphatic heterocycles. The van der Waals surface area contributed by atoms with E-state index in [-0.39, 0.29) is 53.6 Å². The van der Waals surface area contributed by atoms with Crippen molar-refractivity contribution < 1.29 is 168 Å². The summed E-state index contributed by atoms with van der Waals surface area (Å²) in [6, 6.07) is 10.7. The second-order valence-corrected chi connectivity index (χ2v) is 36.8. The Morgan fingerprint density at radius 3 is 1.15 bits per heavy atom. The minimum atomic E-state index is -5.40. The topological polar surface area (TPSA) is 444 Å². The summed E-state index contributed by atoms with van der Waals surface area (Å²) in [5.41, 5.74) is 2.76. The lowest BCUT2D eigenvalue weighted by Crippen LogP contribution is -2.53. The molecule has 40 nitrogen and oxygen atoms in total. The van der Waals surface area contributed by atoms with E-state index in [0.29, 0.717) is 401 Å². The van der Waals surface area contributed by atoms with E-state index in [0.717, 1.165) is 53.9 Å². The normalized spacial score (nSPS) is 15.7. The first kappa shape index (κ1) is 119. The number of methoxy groups -OCH3 is 1. The number of rotatable bonds is 88. The molecule has 0 aromatic heterocycles. The van der Waals surface area contributed by atoms with Crippen LogP contribution < -0.4 is 30.1 Å².